The van der Waals surface area contributed by atoms with Crippen LogP contribution in [-0.4, -0.2) is 14.9 Å². The van der Waals surface area contributed by atoms with Gasteiger partial charge >= 0.3 is 5.69 Å². The lowest BCUT2D eigenvalue weighted by atomic mass is 10.3. The molecule has 0 fully saturated rings. The maximum Gasteiger partial charge on any atom is 0.313 e. The highest BCUT2D eigenvalue weighted by molar-refractivity contribution is 14.1. The van der Waals surface area contributed by atoms with Gasteiger partial charge in [-0.1, -0.05) is 11.6 Å². The molecule has 1 aromatic carbocycles. The molecule has 0 saturated carbocycles. The first-order valence-electron chi connectivity index (χ1n) is 4.65. The number of nitro benzene ring substituents is 1. The van der Waals surface area contributed by atoms with Gasteiger partial charge in [-0.2, -0.15) is 0 Å². The molecule has 1 heterocycles. The number of halogens is 2. The molecule has 18 heavy (non-hydrogen) atoms. The summed E-state index contributed by atoms with van der Waals surface area (Å²) in [6.07, 6.45) is 2.85. The van der Waals surface area contributed by atoms with Gasteiger partial charge in [0.2, 0.25) is 11.6 Å². The summed E-state index contributed by atoms with van der Waals surface area (Å²) in [6.45, 7) is 0. The zero-order chi connectivity index (χ0) is 13.1. The first-order valence-corrected chi connectivity index (χ1v) is 6.11. The highest BCUT2D eigenvalue weighted by Gasteiger charge is 2.17. The largest absolute Gasteiger partial charge is 0.431 e. The molecule has 0 radical (unpaired) electrons. The maximum atomic E-state index is 10.9. The van der Waals surface area contributed by atoms with Crippen LogP contribution in [0, 0.1) is 13.7 Å². The van der Waals surface area contributed by atoms with Crippen LogP contribution in [0.3, 0.4) is 0 Å². The number of nitrogens with zero attached hydrogens (tertiary/aromatic N) is 3. The van der Waals surface area contributed by atoms with E-state index in [9.17, 15) is 10.1 Å². The molecule has 0 saturated heterocycles. The topological polar surface area (TPSA) is 78.2 Å². The number of nitro groups is 1. The third-order valence-electron chi connectivity index (χ3n) is 1.96. The van der Waals surface area contributed by atoms with Gasteiger partial charge in [0.15, 0.2) is 0 Å². The Kier molecular flexibility index (Phi) is 3.92. The fourth-order valence-electron chi connectivity index (χ4n) is 1.20. The number of aromatic nitrogens is 2. The summed E-state index contributed by atoms with van der Waals surface area (Å²) in [4.78, 5) is 18.0. The maximum absolute atomic E-state index is 10.9. The molecule has 0 atom stereocenters. The summed E-state index contributed by atoms with van der Waals surface area (Å²) in [5.41, 5.74) is -0.211. The van der Waals surface area contributed by atoms with E-state index in [-0.39, 0.29) is 22.3 Å². The Morgan fingerprint density at radius 2 is 2.22 bits per heavy atom. The molecule has 0 aliphatic carbocycles. The van der Waals surface area contributed by atoms with Crippen molar-refractivity contribution in [1.29, 1.82) is 0 Å². The average Bonchev–Trinajstić information content (AvgIpc) is 2.34. The van der Waals surface area contributed by atoms with Crippen molar-refractivity contribution < 1.29 is 9.66 Å². The van der Waals surface area contributed by atoms with E-state index in [1.54, 1.807) is 6.20 Å². The fraction of sp³-hybridized carbons (Fsp3) is 0. The van der Waals surface area contributed by atoms with Crippen molar-refractivity contribution in [2.75, 3.05) is 0 Å². The minimum atomic E-state index is -0.560. The van der Waals surface area contributed by atoms with Gasteiger partial charge in [-0.15, -0.1) is 0 Å². The third kappa shape index (κ3) is 2.85. The summed E-state index contributed by atoms with van der Waals surface area (Å²) in [5, 5.41) is 11.2. The molecule has 1 aromatic heterocycles. The molecule has 2 rings (SSSR count). The van der Waals surface area contributed by atoms with Crippen LogP contribution in [0.2, 0.25) is 5.02 Å². The van der Waals surface area contributed by atoms with Crippen molar-refractivity contribution in [2.45, 2.75) is 0 Å². The average molecular weight is 378 g/mol. The van der Waals surface area contributed by atoms with E-state index in [1.807, 2.05) is 22.6 Å². The van der Waals surface area contributed by atoms with E-state index < -0.39 is 4.92 Å². The van der Waals surface area contributed by atoms with Crippen molar-refractivity contribution in [3.05, 3.63) is 49.4 Å². The fourth-order valence-corrected chi connectivity index (χ4v) is 1.78. The van der Waals surface area contributed by atoms with Crippen molar-refractivity contribution in [1.82, 2.24) is 9.97 Å². The summed E-state index contributed by atoms with van der Waals surface area (Å²) in [7, 11) is 0. The summed E-state index contributed by atoms with van der Waals surface area (Å²) >= 11 is 7.69. The minimum Gasteiger partial charge on any atom is -0.431 e. The molecule has 0 N–H and O–H groups in total. The highest BCUT2D eigenvalue weighted by atomic mass is 127. The first kappa shape index (κ1) is 13.0. The second kappa shape index (κ2) is 5.44. The number of benzene rings is 1. The molecule has 6 nitrogen and oxygen atoms in total. The normalized spacial score (nSPS) is 10.1. The molecule has 0 amide bonds. The SMILES string of the molecule is O=[N+]([O-])c1cc(Cl)ccc1Oc1ncncc1I. The monoisotopic (exact) mass is 377 g/mol. The summed E-state index contributed by atoms with van der Waals surface area (Å²) in [5.74, 6) is 0.344. The molecule has 0 aliphatic rings. The smallest absolute Gasteiger partial charge is 0.313 e. The Hall–Kier alpha value is -1.48. The molecular formula is C10H5ClIN3O3. The molecule has 0 bridgehead atoms. The Labute approximate surface area is 120 Å². The van der Waals surface area contributed by atoms with E-state index in [4.69, 9.17) is 16.3 Å². The van der Waals surface area contributed by atoms with E-state index in [2.05, 4.69) is 9.97 Å². The first-order chi connectivity index (χ1) is 8.58. The van der Waals surface area contributed by atoms with Crippen molar-refractivity contribution in [3.63, 3.8) is 0 Å². The molecule has 92 valence electrons. The molecule has 0 spiro atoms. The van der Waals surface area contributed by atoms with Gasteiger partial charge in [-0.25, -0.2) is 9.97 Å². The highest BCUT2D eigenvalue weighted by Crippen LogP contribution is 2.33. The van der Waals surface area contributed by atoms with Crippen molar-refractivity contribution >= 4 is 39.9 Å². The van der Waals surface area contributed by atoms with Crippen molar-refractivity contribution in [2.24, 2.45) is 0 Å². The van der Waals surface area contributed by atoms with E-state index in [0.29, 0.717) is 3.57 Å². The second-order valence-electron chi connectivity index (χ2n) is 3.15. The van der Waals surface area contributed by atoms with Gasteiger partial charge in [0.05, 0.1) is 8.49 Å². The van der Waals surface area contributed by atoms with Gasteiger partial charge < -0.3 is 4.74 Å². The predicted octanol–water partition coefficient (Wildman–Crippen LogP) is 3.44. The number of hydrogen-bond acceptors (Lipinski definition) is 5. The van der Waals surface area contributed by atoms with Crippen LogP contribution in [0.4, 0.5) is 5.69 Å². The van der Waals surface area contributed by atoms with Gasteiger partial charge in [0.25, 0.3) is 0 Å². The lowest BCUT2D eigenvalue weighted by Gasteiger charge is -2.06. The van der Waals surface area contributed by atoms with E-state index >= 15 is 0 Å². The van der Waals surface area contributed by atoms with Gasteiger partial charge in [-0.3, -0.25) is 10.1 Å². The van der Waals surface area contributed by atoms with Crippen molar-refractivity contribution in [3.8, 4) is 11.6 Å². The quantitative estimate of drug-likeness (QED) is 0.465. The Bertz CT molecular complexity index is 609. The standard InChI is InChI=1S/C10H5ClIN3O3/c11-6-1-2-9(8(3-6)15(16)17)18-10-7(12)4-13-5-14-10/h1-5H. The van der Waals surface area contributed by atoms with Gasteiger partial charge in [0.1, 0.15) is 6.33 Å². The van der Waals surface area contributed by atoms with E-state index in [1.165, 1.54) is 24.5 Å². The number of ether oxygens (including phenoxy) is 1. The summed E-state index contributed by atoms with van der Waals surface area (Å²) in [6, 6.07) is 4.17. The molecule has 2 aromatic rings. The summed E-state index contributed by atoms with van der Waals surface area (Å²) < 4.78 is 6.05. The molecule has 0 aliphatic heterocycles. The van der Waals surface area contributed by atoms with E-state index in [0.717, 1.165) is 0 Å². The molecule has 8 heteroatoms. The van der Waals surface area contributed by atoms with Crippen LogP contribution in [-0.2, 0) is 0 Å². The van der Waals surface area contributed by atoms with Crippen LogP contribution in [0.25, 0.3) is 0 Å². The van der Waals surface area contributed by atoms with Gasteiger partial charge in [0, 0.05) is 17.3 Å². The molecular weight excluding hydrogens is 372 g/mol. The zero-order valence-corrected chi connectivity index (χ0v) is 11.6. The van der Waals surface area contributed by atoms with Crippen LogP contribution in [0.1, 0.15) is 0 Å². The van der Waals surface area contributed by atoms with Crippen LogP contribution in [0.5, 0.6) is 11.6 Å². The second-order valence-corrected chi connectivity index (χ2v) is 4.75. The Morgan fingerprint density at radius 3 is 2.89 bits per heavy atom. The molecule has 0 unspecified atom stereocenters. The lowest BCUT2D eigenvalue weighted by molar-refractivity contribution is -0.385. The predicted molar refractivity (Wildman–Crippen MR) is 72.9 cm³/mol. The minimum absolute atomic E-state index is 0.0843. The Morgan fingerprint density at radius 1 is 1.44 bits per heavy atom. The number of rotatable bonds is 3. The third-order valence-corrected chi connectivity index (χ3v) is 2.93. The zero-order valence-electron chi connectivity index (χ0n) is 8.71. The van der Waals surface area contributed by atoms with Gasteiger partial charge in [-0.05, 0) is 34.7 Å². The lowest BCUT2D eigenvalue weighted by Crippen LogP contribution is -1.96. The van der Waals surface area contributed by atoms with Crippen LogP contribution in [0.15, 0.2) is 30.7 Å². The number of hydrogen-bond donors (Lipinski definition) is 0. The van der Waals surface area contributed by atoms with Crippen LogP contribution >= 0.6 is 34.2 Å². The van der Waals surface area contributed by atoms with Crippen LogP contribution < -0.4 is 4.74 Å². The Balaban J connectivity index is 2.41.